The van der Waals surface area contributed by atoms with E-state index in [1.807, 2.05) is 51.1 Å². The van der Waals surface area contributed by atoms with E-state index in [-0.39, 0.29) is 41.2 Å². The molecule has 2 aromatic carbocycles. The Bertz CT molecular complexity index is 1770. The van der Waals surface area contributed by atoms with Crippen LogP contribution in [0.5, 0.6) is 11.6 Å². The van der Waals surface area contributed by atoms with E-state index >= 15 is 0 Å². The number of nitrogen functional groups attached to an aromatic ring is 1. The zero-order valence-corrected chi connectivity index (χ0v) is 27.5. The van der Waals surface area contributed by atoms with Crippen molar-refractivity contribution in [2.75, 3.05) is 32.2 Å². The Morgan fingerprint density at radius 3 is 2.63 bits per heavy atom. The number of aliphatic hydroxyl groups is 2. The second-order valence-electron chi connectivity index (χ2n) is 12.8. The number of anilines is 1. The summed E-state index contributed by atoms with van der Waals surface area (Å²) in [5.74, 6) is -1.08. The van der Waals surface area contributed by atoms with Gasteiger partial charge in [-0.2, -0.15) is 9.97 Å². The molecule has 14 nitrogen and oxygen atoms in total. The molecule has 2 aromatic heterocycles. The summed E-state index contributed by atoms with van der Waals surface area (Å²) >= 11 is 0. The van der Waals surface area contributed by atoms with Gasteiger partial charge in [0.15, 0.2) is 17.4 Å². The van der Waals surface area contributed by atoms with Crippen LogP contribution in [0.4, 0.5) is 5.95 Å². The fourth-order valence-corrected chi connectivity index (χ4v) is 7.05. The number of rotatable bonds is 11. The van der Waals surface area contributed by atoms with Crippen LogP contribution in [0.3, 0.4) is 0 Å². The monoisotopic (exact) mass is 657 g/mol. The van der Waals surface area contributed by atoms with Crippen molar-refractivity contribution in [3.05, 3.63) is 48.8 Å². The number of methoxy groups -OCH3 is 1. The molecule has 0 bridgehead atoms. The van der Waals surface area contributed by atoms with Gasteiger partial charge in [0.2, 0.25) is 11.8 Å². The van der Waals surface area contributed by atoms with Crippen LogP contribution in [0.25, 0.3) is 21.9 Å². The van der Waals surface area contributed by atoms with Crippen molar-refractivity contribution in [1.82, 2.24) is 19.5 Å². The molecular weight excluding hydrogens is 617 g/mol. The summed E-state index contributed by atoms with van der Waals surface area (Å²) in [7, 11) is -2.72. The number of imidazole rings is 1. The zero-order valence-electron chi connectivity index (χ0n) is 26.6. The first-order chi connectivity index (χ1) is 21.6. The molecule has 15 heteroatoms. The van der Waals surface area contributed by atoms with Gasteiger partial charge in [0.05, 0.1) is 38.7 Å². The van der Waals surface area contributed by atoms with E-state index in [1.54, 1.807) is 19.1 Å². The first-order valence-electron chi connectivity index (χ1n) is 14.8. The lowest BCUT2D eigenvalue weighted by atomic mass is 9.96. The van der Waals surface area contributed by atoms with E-state index < -0.39 is 50.1 Å². The number of fused-ring (bicyclic) bond motifs is 2. The molecule has 0 aliphatic carbocycles. The lowest BCUT2D eigenvalue weighted by Gasteiger charge is -2.27. The Balaban J connectivity index is 1.40. The molecule has 3 heterocycles. The minimum absolute atomic E-state index is 0.0918. The maximum atomic E-state index is 14.4. The summed E-state index contributed by atoms with van der Waals surface area (Å²) in [6.07, 6.45) is -2.84. The average molecular weight is 658 g/mol. The van der Waals surface area contributed by atoms with Gasteiger partial charge in [-0.05, 0) is 23.8 Å². The Morgan fingerprint density at radius 2 is 1.91 bits per heavy atom. The highest BCUT2D eigenvalue weighted by atomic mass is 31.2. The summed E-state index contributed by atoms with van der Waals surface area (Å²) in [5, 5.41) is 24.1. The van der Waals surface area contributed by atoms with E-state index in [0.29, 0.717) is 11.1 Å². The first-order valence-corrected chi connectivity index (χ1v) is 16.5. The molecule has 1 fully saturated rings. The van der Waals surface area contributed by atoms with Crippen LogP contribution >= 0.6 is 7.60 Å². The summed E-state index contributed by atoms with van der Waals surface area (Å²) in [5.41, 5.74) is 4.19. The smallest absolute Gasteiger partial charge is 0.380 e. The van der Waals surface area contributed by atoms with Crippen LogP contribution in [0, 0.1) is 11.3 Å². The molecule has 3 unspecified atom stereocenters. The largest absolute Gasteiger partial charge is 0.479 e. The lowest BCUT2D eigenvalue weighted by molar-refractivity contribution is -0.150. The van der Waals surface area contributed by atoms with Crippen LogP contribution < -0.4 is 15.0 Å². The second kappa shape index (κ2) is 12.8. The highest BCUT2D eigenvalue weighted by Gasteiger charge is 2.54. The number of nitrogens with zero attached hydrogens (tertiary/aromatic N) is 4. The Hall–Kier alpha value is -3.81. The number of hydrogen-bond acceptors (Lipinski definition) is 13. The number of carbonyl (C=O) groups excluding carboxylic acids is 1. The molecule has 0 amide bonds. The van der Waals surface area contributed by atoms with Crippen LogP contribution in [0.15, 0.2) is 48.8 Å². The van der Waals surface area contributed by atoms with Gasteiger partial charge in [-0.15, -0.1) is 0 Å². The van der Waals surface area contributed by atoms with Gasteiger partial charge in [-0.1, -0.05) is 64.1 Å². The highest BCUT2D eigenvalue weighted by molar-refractivity contribution is 7.54. The van der Waals surface area contributed by atoms with Crippen LogP contribution in [-0.2, 0) is 23.4 Å². The summed E-state index contributed by atoms with van der Waals surface area (Å²) in [6, 6.07) is 12.7. The van der Waals surface area contributed by atoms with Crippen molar-refractivity contribution in [1.29, 1.82) is 0 Å². The van der Waals surface area contributed by atoms with Crippen molar-refractivity contribution < 1.29 is 42.8 Å². The number of nitrogens with two attached hydrogens (primary N) is 1. The predicted octanol–water partition coefficient (Wildman–Crippen LogP) is 4.09. The number of hydrogen-bond donors (Lipinski definition) is 3. The minimum atomic E-state index is -4.12. The Morgan fingerprint density at radius 1 is 1.20 bits per heavy atom. The molecule has 5 rings (SSSR count). The van der Waals surface area contributed by atoms with E-state index in [9.17, 15) is 19.6 Å². The SMILES string of the molecule is COc1nc(N)nc2c1ncn2[C@@H]1O[C@H](COP(=O)(CC(C)C(=O)OCC(C)(C)C)Oc2cccc3ccccc23)[C@H](O)C1(C)O. The normalized spacial score (nSPS) is 23.7. The Labute approximate surface area is 266 Å². The molecule has 1 aliphatic heterocycles. The van der Waals surface area contributed by atoms with E-state index in [2.05, 4.69) is 15.0 Å². The minimum Gasteiger partial charge on any atom is -0.479 e. The maximum absolute atomic E-state index is 14.4. The lowest BCUT2D eigenvalue weighted by Crippen LogP contribution is -2.44. The van der Waals surface area contributed by atoms with E-state index in [4.69, 9.17) is 29.0 Å². The van der Waals surface area contributed by atoms with Crippen molar-refractivity contribution in [3.8, 4) is 11.6 Å². The molecule has 1 aliphatic rings. The number of ether oxygens (including phenoxy) is 3. The van der Waals surface area contributed by atoms with Gasteiger partial charge in [0.25, 0.3) is 0 Å². The highest BCUT2D eigenvalue weighted by Crippen LogP contribution is 2.52. The molecule has 248 valence electrons. The molecule has 4 aromatic rings. The predicted molar refractivity (Wildman–Crippen MR) is 169 cm³/mol. The van der Waals surface area contributed by atoms with Gasteiger partial charge < -0.3 is 34.7 Å². The number of aliphatic hydroxyl groups excluding tert-OH is 1. The third-order valence-electron chi connectivity index (χ3n) is 7.58. The Kier molecular flexibility index (Phi) is 9.31. The van der Waals surface area contributed by atoms with Crippen LogP contribution in [0.1, 0.15) is 40.8 Å². The fraction of sp³-hybridized carbons (Fsp3) is 0.484. The fourth-order valence-electron chi connectivity index (χ4n) is 5.17. The molecule has 0 radical (unpaired) electrons. The maximum Gasteiger partial charge on any atom is 0.380 e. The quantitative estimate of drug-likeness (QED) is 0.155. The van der Waals surface area contributed by atoms with E-state index in [1.165, 1.54) is 24.9 Å². The molecule has 1 saturated heterocycles. The number of esters is 1. The van der Waals surface area contributed by atoms with Gasteiger partial charge >= 0.3 is 13.6 Å². The summed E-state index contributed by atoms with van der Waals surface area (Å²) in [4.78, 5) is 25.4. The summed E-state index contributed by atoms with van der Waals surface area (Å²) in [6.45, 7) is 8.49. The molecule has 4 N–H and O–H groups in total. The summed E-state index contributed by atoms with van der Waals surface area (Å²) < 4.78 is 44.7. The van der Waals surface area contributed by atoms with Gasteiger partial charge in [0, 0.05) is 5.39 Å². The standard InChI is InChI=1S/C31H40N5O9P/c1-18(27(38)42-16-30(2,3)4)15-46(40,45-21-13-9-11-19-10-7-8-12-20(19)21)43-14-22-24(37)31(5,39)28(44-22)36-17-33-23-25(36)34-29(32)35-26(23)41-6/h7-13,17-18,22,24,28,37,39H,14-16H2,1-6H3,(H2,32,34,35)/t18?,22-,24+,28-,31?,46?/m1/s1. The molecular formula is C31H40N5O9P. The first kappa shape index (κ1) is 33.6. The molecule has 0 saturated carbocycles. The third-order valence-corrected chi connectivity index (χ3v) is 9.59. The van der Waals surface area contributed by atoms with E-state index in [0.717, 1.165) is 5.39 Å². The van der Waals surface area contributed by atoms with Crippen molar-refractivity contribution in [3.63, 3.8) is 0 Å². The molecule has 6 atom stereocenters. The number of carbonyl (C=O) groups is 1. The second-order valence-corrected chi connectivity index (χ2v) is 14.9. The third kappa shape index (κ3) is 6.96. The molecule has 0 spiro atoms. The number of benzene rings is 2. The van der Waals surface area contributed by atoms with Crippen LogP contribution in [-0.4, -0.2) is 80.0 Å². The topological polar surface area (TPSA) is 190 Å². The molecule has 46 heavy (non-hydrogen) atoms. The van der Waals surface area contributed by atoms with Gasteiger partial charge in [-0.25, -0.2) is 9.55 Å². The van der Waals surface area contributed by atoms with Crippen molar-refractivity contribution >= 4 is 41.4 Å². The number of aromatic nitrogens is 4. The van der Waals surface area contributed by atoms with Crippen molar-refractivity contribution in [2.45, 2.75) is 58.7 Å². The van der Waals surface area contributed by atoms with Crippen molar-refractivity contribution in [2.24, 2.45) is 11.3 Å². The van der Waals surface area contributed by atoms with Gasteiger partial charge in [-0.3, -0.25) is 13.9 Å². The van der Waals surface area contributed by atoms with Crippen LogP contribution in [0.2, 0.25) is 0 Å². The average Bonchev–Trinajstić information content (AvgIpc) is 3.51. The zero-order chi connectivity index (χ0) is 33.4. The van der Waals surface area contributed by atoms with Gasteiger partial charge in [0.1, 0.15) is 23.6 Å².